The maximum atomic E-state index is 12.7. The minimum absolute atomic E-state index is 0.0266. The fourth-order valence-corrected chi connectivity index (χ4v) is 12.7. The molecule has 0 bridgehead atoms. The molecular formula is C57H112NO30P3. The van der Waals surface area contributed by atoms with Gasteiger partial charge in [0.2, 0.25) is 5.91 Å². The molecule has 0 aliphatic carbocycles. The van der Waals surface area contributed by atoms with Crippen LogP contribution in [0.1, 0.15) is 144 Å². The van der Waals surface area contributed by atoms with Crippen molar-refractivity contribution in [3.05, 3.63) is 0 Å². The second-order valence-electron chi connectivity index (χ2n) is 24.0. The SMILES string of the molecule is CC(=O)NC1[C@H](CCCCCCCOP(=O)(O)OCCCOCC(COCCCOP(=O)(O)OCCCCCCO[C@@H]2OC(CO)[C@H](O)[C@H](O)C2C)(COCCCOP(=O)(O)OCCCCCCO[C@@H]2OC(CO)[C@H](O)[C@H](O)C2C)C(C)C)OC(CO)[C@H](O)[C@@H]1O. The van der Waals surface area contributed by atoms with Crippen LogP contribution < -0.4 is 5.32 Å². The lowest BCUT2D eigenvalue weighted by molar-refractivity contribution is -0.282. The molecule has 3 rings (SSSR count). The van der Waals surface area contributed by atoms with Crippen molar-refractivity contribution < 1.29 is 144 Å². The Bertz CT molecular complexity index is 1970. The van der Waals surface area contributed by atoms with E-state index in [9.17, 15) is 79.1 Å². The number of phosphoric ester groups is 3. The Morgan fingerprint density at radius 2 is 0.736 bits per heavy atom. The fourth-order valence-electron chi connectivity index (χ4n) is 10.3. The number of ether oxygens (including phenoxy) is 8. The van der Waals surface area contributed by atoms with E-state index < -0.39 is 146 Å². The molecule has 0 radical (unpaired) electrons. The van der Waals surface area contributed by atoms with E-state index >= 15 is 0 Å². The Hall–Kier alpha value is -0.880. The predicted octanol–water partition coefficient (Wildman–Crippen LogP) is 2.88. The lowest BCUT2D eigenvalue weighted by Gasteiger charge is -2.42. The van der Waals surface area contributed by atoms with Crippen molar-refractivity contribution in [2.75, 3.05) is 112 Å². The van der Waals surface area contributed by atoms with Crippen LogP contribution in [-0.4, -0.2) is 259 Å². The molecule has 18 atom stereocenters. The molecule has 3 fully saturated rings. The summed E-state index contributed by atoms with van der Waals surface area (Å²) in [5.41, 5.74) is -0.761. The normalized spacial score (nSPS) is 30.0. The van der Waals surface area contributed by atoms with Gasteiger partial charge < -0.3 is 104 Å². The Kier molecular flexibility index (Phi) is 42.3. The molecule has 0 aromatic carbocycles. The standard InChI is InChI=1S/C57H112NO30P3/c1-40(2)57(38-76-24-20-32-84-90(71,72)81-29-17-11-9-14-26-78-55-41(3)49(63)51(65)46(35-60)87-55,39-77-25-21-33-85-91(73,74)82-30-18-12-10-15-27-79-56-42(4)50(64)52(66)47(36-61)88-56)37-75-23-19-31-83-89(69,70)80-28-16-8-6-7-13-22-44-48(58-43(5)62)54(68)53(67)45(34-59)86-44/h40-42,44-56,59-61,63-68H,6-39H2,1-5H3,(H,58,62)(H,69,70)(H,71,72)(H,73,74)/t41?,42?,44-,45?,46?,47?,48?,49+,50+,51-,52-,53-,54+,55+,56+,57?/m0/s1. The number of phosphoric acid groups is 3. The number of nitrogens with one attached hydrogen (secondary N) is 1. The van der Waals surface area contributed by atoms with Crippen LogP contribution in [0.25, 0.3) is 0 Å². The lowest BCUT2D eigenvalue weighted by Crippen LogP contribution is -2.63. The summed E-state index contributed by atoms with van der Waals surface area (Å²) in [7, 11) is -13.1. The van der Waals surface area contributed by atoms with Crippen molar-refractivity contribution in [1.29, 1.82) is 0 Å². The number of rotatable bonds is 53. The Morgan fingerprint density at radius 1 is 0.429 bits per heavy atom. The van der Waals surface area contributed by atoms with E-state index in [1.807, 2.05) is 13.8 Å². The highest BCUT2D eigenvalue weighted by molar-refractivity contribution is 7.47. The molecule has 540 valence electrons. The molecule has 9 unspecified atom stereocenters. The number of carbonyl (C=O) groups excluding carboxylic acids is 1. The van der Waals surface area contributed by atoms with Crippen molar-refractivity contribution in [3.8, 4) is 0 Å². The minimum atomic E-state index is -4.38. The third-order valence-electron chi connectivity index (χ3n) is 16.3. The largest absolute Gasteiger partial charge is 0.472 e. The van der Waals surface area contributed by atoms with Crippen LogP contribution in [0.3, 0.4) is 0 Å². The van der Waals surface area contributed by atoms with E-state index in [4.69, 9.17) is 65.0 Å². The van der Waals surface area contributed by atoms with Gasteiger partial charge in [0.15, 0.2) is 12.6 Å². The molecule has 91 heavy (non-hydrogen) atoms. The second-order valence-corrected chi connectivity index (χ2v) is 28.4. The number of hydrogen-bond donors (Lipinski definition) is 13. The number of carbonyl (C=O) groups is 1. The topological polar surface area (TPSA) is 452 Å². The first kappa shape index (κ1) is 84.3. The van der Waals surface area contributed by atoms with Gasteiger partial charge in [0.1, 0.15) is 42.7 Å². The van der Waals surface area contributed by atoms with Crippen LogP contribution >= 0.6 is 23.5 Å². The lowest BCUT2D eigenvalue weighted by atomic mass is 9.79. The molecule has 3 heterocycles. The van der Waals surface area contributed by atoms with Crippen LogP contribution in [0.15, 0.2) is 0 Å². The van der Waals surface area contributed by atoms with Crippen LogP contribution in [0.4, 0.5) is 0 Å². The molecule has 31 nitrogen and oxygen atoms in total. The molecule has 3 aliphatic rings. The summed E-state index contributed by atoms with van der Waals surface area (Å²) in [6.07, 6.45) is -2.97. The van der Waals surface area contributed by atoms with Crippen LogP contribution in [-0.2, 0) is 83.5 Å². The summed E-state index contributed by atoms with van der Waals surface area (Å²) in [6.45, 7) is 7.93. The monoisotopic (exact) mass is 1380 g/mol. The Labute approximate surface area is 536 Å². The number of aliphatic hydroxyl groups is 9. The summed E-state index contributed by atoms with van der Waals surface area (Å²) in [5.74, 6) is -1.50. The third-order valence-corrected chi connectivity index (χ3v) is 19.3. The smallest absolute Gasteiger partial charge is 0.394 e. The fraction of sp³-hybridized carbons (Fsp3) is 0.982. The van der Waals surface area contributed by atoms with Crippen LogP contribution in [0.2, 0.25) is 0 Å². The van der Waals surface area contributed by atoms with E-state index in [1.165, 1.54) is 6.92 Å². The van der Waals surface area contributed by atoms with Gasteiger partial charge in [-0.1, -0.05) is 79.1 Å². The van der Waals surface area contributed by atoms with Gasteiger partial charge in [-0.15, -0.1) is 0 Å². The van der Waals surface area contributed by atoms with Crippen LogP contribution in [0.5, 0.6) is 0 Å². The Balaban J connectivity index is 1.38. The molecule has 0 aromatic rings. The van der Waals surface area contributed by atoms with Crippen molar-refractivity contribution in [2.24, 2.45) is 23.2 Å². The van der Waals surface area contributed by atoms with Crippen molar-refractivity contribution in [3.63, 3.8) is 0 Å². The highest BCUT2D eigenvalue weighted by Gasteiger charge is 2.46. The van der Waals surface area contributed by atoms with Gasteiger partial charge in [0.05, 0.1) is 104 Å². The van der Waals surface area contributed by atoms with Gasteiger partial charge in [0.25, 0.3) is 0 Å². The number of aliphatic hydroxyl groups excluding tert-OH is 9. The zero-order valence-corrected chi connectivity index (χ0v) is 56.5. The van der Waals surface area contributed by atoms with E-state index in [0.717, 1.165) is 12.8 Å². The summed E-state index contributed by atoms with van der Waals surface area (Å²) in [5, 5.41) is 92.3. The molecule has 0 aromatic heterocycles. The van der Waals surface area contributed by atoms with E-state index in [-0.39, 0.29) is 104 Å². The van der Waals surface area contributed by atoms with Gasteiger partial charge in [0, 0.05) is 57.2 Å². The van der Waals surface area contributed by atoms with Gasteiger partial charge >= 0.3 is 23.5 Å². The van der Waals surface area contributed by atoms with E-state index in [1.54, 1.807) is 13.8 Å². The molecule has 3 aliphatic heterocycles. The summed E-state index contributed by atoms with van der Waals surface area (Å²) in [4.78, 5) is 42.6. The van der Waals surface area contributed by atoms with Gasteiger partial charge in [-0.05, 0) is 63.7 Å². The number of hydrogen-bond acceptors (Lipinski definition) is 27. The molecule has 1 amide bonds. The average molecular weight is 1380 g/mol. The molecule has 13 N–H and O–H groups in total. The minimum Gasteiger partial charge on any atom is -0.394 e. The number of amides is 1. The molecule has 0 saturated carbocycles. The maximum absolute atomic E-state index is 12.7. The van der Waals surface area contributed by atoms with Gasteiger partial charge in [-0.25, -0.2) is 13.7 Å². The summed E-state index contributed by atoms with van der Waals surface area (Å²) < 4.78 is 115. The van der Waals surface area contributed by atoms with E-state index in [0.29, 0.717) is 90.3 Å². The summed E-state index contributed by atoms with van der Waals surface area (Å²) >= 11 is 0. The van der Waals surface area contributed by atoms with Crippen molar-refractivity contribution >= 4 is 29.4 Å². The maximum Gasteiger partial charge on any atom is 0.472 e. The van der Waals surface area contributed by atoms with Crippen LogP contribution in [0, 0.1) is 23.2 Å². The third kappa shape index (κ3) is 32.6. The van der Waals surface area contributed by atoms with Crippen molar-refractivity contribution in [2.45, 2.75) is 223 Å². The average Bonchev–Trinajstić information content (AvgIpc) is 0.940. The highest BCUT2D eigenvalue weighted by atomic mass is 31.2. The molecular weight excluding hydrogens is 1270 g/mol. The summed E-state index contributed by atoms with van der Waals surface area (Å²) in [6, 6.07) is -0.833. The highest BCUT2D eigenvalue weighted by Crippen LogP contribution is 2.45. The van der Waals surface area contributed by atoms with Crippen molar-refractivity contribution in [1.82, 2.24) is 5.32 Å². The van der Waals surface area contributed by atoms with Gasteiger partial charge in [-0.3, -0.25) is 31.9 Å². The number of unbranched alkanes of at least 4 members (excludes halogenated alkanes) is 10. The first-order chi connectivity index (χ1) is 43.2. The predicted molar refractivity (Wildman–Crippen MR) is 325 cm³/mol. The zero-order valence-electron chi connectivity index (χ0n) is 53.8. The first-order valence-electron chi connectivity index (χ1n) is 32.2. The Morgan fingerprint density at radius 3 is 1.08 bits per heavy atom. The molecule has 34 heteroatoms. The molecule has 0 spiro atoms. The first-order valence-corrected chi connectivity index (χ1v) is 36.7. The van der Waals surface area contributed by atoms with E-state index in [2.05, 4.69) is 5.32 Å². The second kappa shape index (κ2) is 45.7. The molecule has 3 saturated heterocycles. The van der Waals surface area contributed by atoms with Gasteiger partial charge in [-0.2, -0.15) is 0 Å². The zero-order chi connectivity index (χ0) is 67.5. The quantitative estimate of drug-likeness (QED) is 0.0307.